The highest BCUT2D eigenvalue weighted by Crippen LogP contribution is 2.45. The normalized spacial score (nSPS) is 22.9. The van der Waals surface area contributed by atoms with Gasteiger partial charge in [0.1, 0.15) is 5.75 Å². The molecule has 4 N–H and O–H groups in total. The number of nitrogens with two attached hydrogens (primary N) is 1. The van der Waals surface area contributed by atoms with E-state index in [4.69, 9.17) is 33.7 Å². The molecule has 5 rings (SSSR count). The molecule has 1 aliphatic heterocycles. The van der Waals surface area contributed by atoms with E-state index in [9.17, 15) is 9.59 Å². The third-order valence-corrected chi connectivity index (χ3v) is 8.23. The molecule has 1 saturated carbocycles. The van der Waals surface area contributed by atoms with Crippen LogP contribution in [0.4, 0.5) is 5.69 Å². The topological polar surface area (TPSA) is 93.5 Å². The number of anilines is 1. The number of hydrogen-bond donors (Lipinski definition) is 3. The molecule has 0 spiro atoms. The van der Waals surface area contributed by atoms with Crippen LogP contribution in [-0.4, -0.2) is 30.5 Å². The quantitative estimate of drug-likeness (QED) is 0.331. The van der Waals surface area contributed by atoms with E-state index in [0.29, 0.717) is 18.1 Å². The second kappa shape index (κ2) is 11.7. The monoisotopic (exact) mass is 551 g/mol. The Labute approximate surface area is 232 Å². The summed E-state index contributed by atoms with van der Waals surface area (Å²) < 4.78 is 5.37. The molecule has 0 radical (unpaired) electrons. The summed E-state index contributed by atoms with van der Waals surface area (Å²) in [7, 11) is 0. The van der Waals surface area contributed by atoms with Crippen molar-refractivity contribution in [1.82, 2.24) is 5.32 Å². The van der Waals surface area contributed by atoms with Gasteiger partial charge in [-0.2, -0.15) is 0 Å². The molecule has 6 nitrogen and oxygen atoms in total. The zero-order valence-corrected chi connectivity index (χ0v) is 22.4. The molecule has 2 amide bonds. The minimum absolute atomic E-state index is 0.00465. The van der Waals surface area contributed by atoms with E-state index < -0.39 is 5.91 Å². The molecule has 0 aromatic heterocycles. The van der Waals surface area contributed by atoms with Gasteiger partial charge >= 0.3 is 0 Å². The third-order valence-electron chi connectivity index (χ3n) is 7.73. The Hall–Kier alpha value is -3.22. The van der Waals surface area contributed by atoms with Crippen molar-refractivity contribution in [3.8, 4) is 5.75 Å². The summed E-state index contributed by atoms with van der Waals surface area (Å²) in [6, 6.07) is 23.8. The van der Waals surface area contributed by atoms with Crippen molar-refractivity contribution >= 4 is 40.7 Å². The minimum Gasteiger partial charge on any atom is -0.484 e. The van der Waals surface area contributed by atoms with Gasteiger partial charge in [0.2, 0.25) is 5.91 Å². The summed E-state index contributed by atoms with van der Waals surface area (Å²) in [6.07, 6.45) is 3.32. The van der Waals surface area contributed by atoms with Gasteiger partial charge in [-0.15, -0.1) is 0 Å². The van der Waals surface area contributed by atoms with E-state index >= 15 is 0 Å². The molecule has 4 atom stereocenters. The lowest BCUT2D eigenvalue weighted by Gasteiger charge is -2.46. The predicted molar refractivity (Wildman–Crippen MR) is 151 cm³/mol. The fraction of sp³-hybridized carbons (Fsp3) is 0.333. The van der Waals surface area contributed by atoms with Gasteiger partial charge in [-0.05, 0) is 84.8 Å². The summed E-state index contributed by atoms with van der Waals surface area (Å²) in [4.78, 5) is 23.6. The second-order valence-electron chi connectivity index (χ2n) is 10.2. The average Bonchev–Trinajstić information content (AvgIpc) is 2.91. The number of carbonyl (C=O) groups excluding carboxylic acids is 2. The summed E-state index contributed by atoms with van der Waals surface area (Å²) in [6.45, 7) is -0.164. The Bertz CT molecular complexity index is 1220. The van der Waals surface area contributed by atoms with Crippen molar-refractivity contribution in [3.05, 3.63) is 94.0 Å². The number of hydrogen-bond acceptors (Lipinski definition) is 4. The first-order valence-electron chi connectivity index (χ1n) is 12.9. The molecule has 2 fully saturated rings. The van der Waals surface area contributed by atoms with E-state index in [1.54, 1.807) is 12.1 Å². The first-order chi connectivity index (χ1) is 18.4. The van der Waals surface area contributed by atoms with Crippen LogP contribution in [0.3, 0.4) is 0 Å². The van der Waals surface area contributed by atoms with E-state index in [2.05, 4.69) is 34.9 Å². The van der Waals surface area contributed by atoms with Crippen LogP contribution in [0.5, 0.6) is 5.75 Å². The van der Waals surface area contributed by atoms with Crippen molar-refractivity contribution in [2.75, 3.05) is 11.9 Å². The lowest BCUT2D eigenvalue weighted by atomic mass is 9.65. The number of amides is 2. The number of piperidine rings is 1. The fourth-order valence-corrected chi connectivity index (χ4v) is 6.29. The van der Waals surface area contributed by atoms with Crippen molar-refractivity contribution in [3.63, 3.8) is 0 Å². The summed E-state index contributed by atoms with van der Waals surface area (Å²) in [5, 5.41) is 8.30. The smallest absolute Gasteiger partial charge is 0.255 e. The molecule has 38 heavy (non-hydrogen) atoms. The summed E-state index contributed by atoms with van der Waals surface area (Å²) in [5.74, 6) is 0.997. The molecule has 2 aliphatic rings. The number of carbonyl (C=O) groups is 2. The standard InChI is InChI=1S/C30H31Cl2N3O3/c31-21-6-1-18(2-7-21)30(19-3-8-22(32)9-4-19)20-5-14-26-25(15-20)27(16-29(37)35-26)34-23-10-12-24(13-11-23)38-17-28(33)36/h1-4,6-13,20,25-27,30,34H,5,14-17H2,(H2,33,36)(H,35,37). The third kappa shape index (κ3) is 6.25. The highest BCUT2D eigenvalue weighted by molar-refractivity contribution is 6.30. The second-order valence-corrected chi connectivity index (χ2v) is 11.1. The van der Waals surface area contributed by atoms with Gasteiger partial charge < -0.3 is 21.1 Å². The number of halogens is 2. The lowest BCUT2D eigenvalue weighted by molar-refractivity contribution is -0.125. The first kappa shape index (κ1) is 26.4. The number of rotatable bonds is 8. The van der Waals surface area contributed by atoms with E-state index in [1.807, 2.05) is 36.4 Å². The molecule has 1 aliphatic carbocycles. The average molecular weight is 553 g/mol. The Morgan fingerprint density at radius 2 is 1.55 bits per heavy atom. The van der Waals surface area contributed by atoms with Crippen LogP contribution in [0.2, 0.25) is 10.0 Å². The molecular formula is C30H31Cl2N3O3. The Kier molecular flexibility index (Phi) is 8.10. The summed E-state index contributed by atoms with van der Waals surface area (Å²) in [5.41, 5.74) is 8.53. The largest absolute Gasteiger partial charge is 0.484 e. The van der Waals surface area contributed by atoms with Gasteiger partial charge in [-0.1, -0.05) is 47.5 Å². The highest BCUT2D eigenvalue weighted by Gasteiger charge is 2.43. The zero-order valence-electron chi connectivity index (χ0n) is 20.9. The number of primary amides is 1. The van der Waals surface area contributed by atoms with Crippen LogP contribution in [0.15, 0.2) is 72.8 Å². The van der Waals surface area contributed by atoms with Crippen molar-refractivity contribution < 1.29 is 14.3 Å². The lowest BCUT2D eigenvalue weighted by Crippen LogP contribution is -2.56. The van der Waals surface area contributed by atoms with Crippen LogP contribution in [0.1, 0.15) is 42.7 Å². The van der Waals surface area contributed by atoms with E-state index in [1.165, 1.54) is 11.1 Å². The Morgan fingerprint density at radius 3 is 2.13 bits per heavy atom. The maximum atomic E-state index is 12.6. The summed E-state index contributed by atoms with van der Waals surface area (Å²) >= 11 is 12.4. The predicted octanol–water partition coefficient (Wildman–Crippen LogP) is 5.77. The Morgan fingerprint density at radius 1 is 0.947 bits per heavy atom. The minimum atomic E-state index is -0.520. The van der Waals surface area contributed by atoms with Crippen LogP contribution in [0, 0.1) is 11.8 Å². The molecule has 198 valence electrons. The van der Waals surface area contributed by atoms with Gasteiger partial charge in [-0.3, -0.25) is 9.59 Å². The van der Waals surface area contributed by atoms with E-state index in [-0.39, 0.29) is 36.4 Å². The van der Waals surface area contributed by atoms with Gasteiger partial charge in [0.15, 0.2) is 6.61 Å². The van der Waals surface area contributed by atoms with Crippen LogP contribution in [-0.2, 0) is 9.59 Å². The highest BCUT2D eigenvalue weighted by atomic mass is 35.5. The molecule has 0 bridgehead atoms. The van der Waals surface area contributed by atoms with E-state index in [0.717, 1.165) is 35.0 Å². The van der Waals surface area contributed by atoms with Crippen LogP contribution in [0.25, 0.3) is 0 Å². The fourth-order valence-electron chi connectivity index (χ4n) is 6.03. The van der Waals surface area contributed by atoms with Gasteiger partial charge in [-0.25, -0.2) is 0 Å². The number of nitrogens with one attached hydrogen (secondary N) is 2. The van der Waals surface area contributed by atoms with Gasteiger partial charge in [0.05, 0.1) is 0 Å². The first-order valence-corrected chi connectivity index (χ1v) is 13.7. The van der Waals surface area contributed by atoms with Gasteiger partial charge in [0.25, 0.3) is 5.91 Å². The molecule has 8 heteroatoms. The van der Waals surface area contributed by atoms with Gasteiger partial charge in [0, 0.05) is 46.1 Å². The maximum absolute atomic E-state index is 12.6. The zero-order chi connectivity index (χ0) is 26.6. The molecule has 1 heterocycles. The number of fused-ring (bicyclic) bond motifs is 1. The molecule has 3 aromatic carbocycles. The van der Waals surface area contributed by atoms with Crippen molar-refractivity contribution in [1.29, 1.82) is 0 Å². The van der Waals surface area contributed by atoms with Crippen molar-refractivity contribution in [2.45, 2.75) is 43.7 Å². The molecule has 1 saturated heterocycles. The SMILES string of the molecule is NC(=O)COc1ccc(NC2CC(=O)NC3CCC(C(c4ccc(Cl)cc4)c4ccc(Cl)cc4)CC32)cc1. The van der Waals surface area contributed by atoms with Crippen LogP contribution < -0.4 is 21.1 Å². The maximum Gasteiger partial charge on any atom is 0.255 e. The molecular weight excluding hydrogens is 521 g/mol. The number of benzene rings is 3. The van der Waals surface area contributed by atoms with Crippen molar-refractivity contribution in [2.24, 2.45) is 17.6 Å². The molecule has 4 unspecified atom stereocenters. The molecule has 3 aromatic rings. The number of ether oxygens (including phenoxy) is 1. The Balaban J connectivity index is 1.37. The van der Waals surface area contributed by atoms with Crippen LogP contribution >= 0.6 is 23.2 Å².